The number of aromatic nitrogens is 11. The summed E-state index contributed by atoms with van der Waals surface area (Å²) in [6.07, 6.45) is 15.9. The van der Waals surface area contributed by atoms with Crippen LogP contribution in [0.1, 0.15) is 118 Å². The van der Waals surface area contributed by atoms with Crippen molar-refractivity contribution in [2.45, 2.75) is 86.2 Å². The zero-order chi connectivity index (χ0) is 76.0. The lowest BCUT2D eigenvalue weighted by Crippen LogP contribution is -2.28. The fraction of sp³-hybridized carbons (Fsp3) is 0.170. The molecule has 0 saturated carbocycles. The van der Waals surface area contributed by atoms with Crippen molar-refractivity contribution in [1.29, 1.82) is 0 Å². The Labute approximate surface area is 654 Å². The maximum atomic E-state index is 14.2. The van der Waals surface area contributed by atoms with Crippen LogP contribution in [0.15, 0.2) is 204 Å². The Kier molecular flexibility index (Phi) is 26.2. The van der Waals surface area contributed by atoms with Crippen LogP contribution in [0.2, 0.25) is 0 Å². The topological polar surface area (TPSA) is 158 Å². The minimum Gasteiger partial charge on any atom is -0.494 e. The van der Waals surface area contributed by atoms with Gasteiger partial charge in [0, 0.05) is 128 Å². The highest BCUT2D eigenvalue weighted by Gasteiger charge is 2.39. The van der Waals surface area contributed by atoms with E-state index in [2.05, 4.69) is 156 Å². The molecule has 0 N–H and O–H groups in total. The Morgan fingerprint density at radius 3 is 1.20 bits per heavy atom. The summed E-state index contributed by atoms with van der Waals surface area (Å²) in [5.41, 5.74) is 14.9. The smallest absolute Gasteiger partial charge is 0.174 e. The Hall–Kier alpha value is -12.2. The summed E-state index contributed by atoms with van der Waals surface area (Å²) in [4.78, 5) is 52.6. The molecule has 538 valence electrons. The van der Waals surface area contributed by atoms with Crippen LogP contribution in [0, 0.1) is 119 Å². The molecule has 2 aliphatic rings. The summed E-state index contributed by atoms with van der Waals surface area (Å²) in [6, 6.07) is 45.0. The molecule has 0 atom stereocenters. The number of rotatable bonds is 7. The second-order valence-corrected chi connectivity index (χ2v) is 30.2. The number of fused-ring (bicyclic) bond motifs is 2. The molecule has 14 nitrogen and oxygen atoms in total. The Morgan fingerprint density at radius 1 is 0.404 bits per heavy atom. The number of aryl methyl sites for hydroxylation is 7. The van der Waals surface area contributed by atoms with Gasteiger partial charge >= 0.3 is 0 Å². The first-order valence-electron chi connectivity index (χ1n) is 34.6. The van der Waals surface area contributed by atoms with E-state index in [1.807, 2.05) is 153 Å². The molecule has 0 radical (unpaired) electrons. The molecule has 0 aliphatic carbocycles. The van der Waals surface area contributed by atoms with E-state index in [0.717, 1.165) is 133 Å². The van der Waals surface area contributed by atoms with Gasteiger partial charge < -0.3 is 14.5 Å². The van der Waals surface area contributed by atoms with Crippen LogP contribution in [0.3, 0.4) is 0 Å². The van der Waals surface area contributed by atoms with Gasteiger partial charge in [0.15, 0.2) is 11.6 Å². The van der Waals surface area contributed by atoms with E-state index >= 15 is 0 Å². The molecule has 3 aromatic carbocycles. The van der Waals surface area contributed by atoms with Crippen molar-refractivity contribution in [2.75, 3.05) is 24.0 Å². The van der Waals surface area contributed by atoms with Gasteiger partial charge in [0.05, 0.1) is 49.2 Å². The van der Waals surface area contributed by atoms with Crippen LogP contribution in [0.25, 0.3) is 33.8 Å². The Balaban J connectivity index is 0.000000127. The zero-order valence-electron chi connectivity index (χ0n) is 61.1. The minimum atomic E-state index is -0.417. The number of thiazole rings is 5. The molecule has 14 aromatic rings. The fourth-order valence-corrected chi connectivity index (χ4v) is 14.1. The predicted octanol–water partition coefficient (Wildman–Crippen LogP) is 19.4. The Morgan fingerprint density at radius 2 is 0.826 bits per heavy atom. The standard InChI is InChI=1S/C18H13FN2OS.C18H13FN2S.C18H14N2S.C17H14N4S.C17H17N3S/c1-12-21-14(11-23-12)8-6-13-7-9-16(20-10-13)15-4-3-5-17(22-2)18(15)19;1-12-9-15(5-7-17(12)19)18-8-4-14(10-20-18)3-6-16-11-22-13(2)21-16;1-13-4-3-5-16(10-13)18-9-7-15(11-19-18)6-8-17-12-21-14(2)20-17;1-13-20-15(12-22-13)8-6-14-7-9-17(19-11-14)21(2)16-5-3-4-10-18-16;1-12-19-14(11-21-12)4-2-13-3-9-17(18-10-13)20-15-5-6-16(20)8-7-15/h3-5,7,9-11H,1-2H3;4-5,7-11H,1-2H3;3-5,7,9-12H,1-2H3;3-5,7,9-12H,1-2H3;3,9-11,15-16H,5-8H2,1H3. The lowest BCUT2D eigenvalue weighted by molar-refractivity contribution is 0.387. The molecule has 2 bridgehead atoms. The molecule has 109 heavy (non-hydrogen) atoms. The quantitative estimate of drug-likeness (QED) is 0.139. The van der Waals surface area contributed by atoms with Crippen LogP contribution in [-0.4, -0.2) is 81.1 Å². The predicted molar refractivity (Wildman–Crippen MR) is 438 cm³/mol. The van der Waals surface area contributed by atoms with E-state index in [1.54, 1.807) is 125 Å². The zero-order valence-corrected chi connectivity index (χ0v) is 65.2. The second-order valence-electron chi connectivity index (χ2n) is 24.9. The van der Waals surface area contributed by atoms with Crippen molar-refractivity contribution in [3.63, 3.8) is 0 Å². The maximum Gasteiger partial charge on any atom is 0.174 e. The summed E-state index contributed by atoms with van der Waals surface area (Å²) >= 11 is 7.99. The van der Waals surface area contributed by atoms with Gasteiger partial charge in [-0.15, -0.1) is 56.7 Å². The molecule has 0 amide bonds. The van der Waals surface area contributed by atoms with Crippen LogP contribution in [0.5, 0.6) is 5.75 Å². The van der Waals surface area contributed by atoms with Gasteiger partial charge in [0.1, 0.15) is 51.7 Å². The first-order valence-corrected chi connectivity index (χ1v) is 39.0. The molecule has 13 heterocycles. The second kappa shape index (κ2) is 37.3. The maximum absolute atomic E-state index is 14.2. The summed E-state index contributed by atoms with van der Waals surface area (Å²) < 4.78 is 32.5. The molecule has 0 unspecified atom stereocenters. The Bertz CT molecular complexity index is 5740. The number of methoxy groups -OCH3 is 1. The van der Waals surface area contributed by atoms with E-state index in [1.165, 1.54) is 44.4 Å². The third kappa shape index (κ3) is 21.7. The summed E-state index contributed by atoms with van der Waals surface area (Å²) in [7, 11) is 3.38. The number of halogens is 2. The first kappa shape index (κ1) is 76.4. The minimum absolute atomic E-state index is 0.201. The molecule has 2 saturated heterocycles. The van der Waals surface area contributed by atoms with Crippen molar-refractivity contribution in [1.82, 2.24) is 54.8 Å². The highest BCUT2D eigenvalue weighted by atomic mass is 32.1. The van der Waals surface area contributed by atoms with E-state index in [4.69, 9.17) is 4.74 Å². The number of pyridine rings is 6. The van der Waals surface area contributed by atoms with Gasteiger partial charge in [0.25, 0.3) is 0 Å². The van der Waals surface area contributed by atoms with E-state index < -0.39 is 5.82 Å². The molecule has 0 spiro atoms. The van der Waals surface area contributed by atoms with Crippen LogP contribution in [0.4, 0.5) is 26.2 Å². The van der Waals surface area contributed by atoms with E-state index in [-0.39, 0.29) is 11.6 Å². The van der Waals surface area contributed by atoms with Gasteiger partial charge in [0.2, 0.25) is 0 Å². The van der Waals surface area contributed by atoms with Crippen LogP contribution >= 0.6 is 56.7 Å². The fourth-order valence-electron chi connectivity index (χ4n) is 11.4. The SMILES string of the molecule is COc1cccc(-c2ccc(C#Cc3csc(C)n3)cn2)c1F.Cc1cccc(-c2ccc(C#Cc3csc(C)n3)cn2)c1.Cc1nc(C#Cc2ccc(-c3ccc(F)c(C)c3)nc2)cs1.Cc1nc(C#Cc2ccc(N(C)c3ccccn3)nc2)cs1.Cc1nc(C#Cc2ccc(N3C4CCC3CC4)nc2)cs1. The highest BCUT2D eigenvalue weighted by molar-refractivity contribution is 7.10. The average Bonchev–Trinajstić information content (AvgIpc) is 1.64. The summed E-state index contributed by atoms with van der Waals surface area (Å²) in [5, 5.41) is 14.9. The van der Waals surface area contributed by atoms with Gasteiger partial charge in [-0.2, -0.15) is 0 Å². The van der Waals surface area contributed by atoms with Crippen molar-refractivity contribution in [2.24, 2.45) is 0 Å². The van der Waals surface area contributed by atoms with Crippen molar-refractivity contribution >= 4 is 74.1 Å². The molecule has 2 aliphatic heterocycles. The monoisotopic (exact) mass is 1520 g/mol. The van der Waals surface area contributed by atoms with Crippen molar-refractivity contribution in [3.8, 4) is 98.7 Å². The third-order valence-electron chi connectivity index (χ3n) is 16.8. The lowest BCUT2D eigenvalue weighted by atomic mass is 10.0. The number of ether oxygens (including phenoxy) is 1. The average molecular weight is 1520 g/mol. The molecule has 11 aromatic heterocycles. The lowest BCUT2D eigenvalue weighted by Gasteiger charge is -2.22. The number of anilines is 3. The molecular weight excluding hydrogens is 1450 g/mol. The summed E-state index contributed by atoms with van der Waals surface area (Å²) in [6.45, 7) is 13.7. The summed E-state index contributed by atoms with van der Waals surface area (Å²) in [5.74, 6) is 33.0. The van der Waals surface area contributed by atoms with Gasteiger partial charge in [-0.3, -0.25) is 15.0 Å². The van der Waals surface area contributed by atoms with Crippen molar-refractivity contribution in [3.05, 3.63) is 308 Å². The molecule has 2 fully saturated rings. The number of benzene rings is 3. The number of hydrogen-bond acceptors (Lipinski definition) is 19. The van der Waals surface area contributed by atoms with Gasteiger partial charge in [-0.1, -0.05) is 65.5 Å². The van der Waals surface area contributed by atoms with Crippen LogP contribution in [-0.2, 0) is 0 Å². The first-order chi connectivity index (χ1) is 53.0. The largest absolute Gasteiger partial charge is 0.494 e. The van der Waals surface area contributed by atoms with E-state index in [0.29, 0.717) is 16.8 Å². The number of hydrogen-bond donors (Lipinski definition) is 0. The van der Waals surface area contributed by atoms with Gasteiger partial charge in [-0.25, -0.2) is 48.7 Å². The van der Waals surface area contributed by atoms with Gasteiger partial charge in [-0.05, 0) is 219 Å². The molecule has 21 heteroatoms. The number of nitrogens with zero attached hydrogens (tertiary/aromatic N) is 13. The molecule has 16 rings (SSSR count). The van der Waals surface area contributed by atoms with E-state index in [9.17, 15) is 8.78 Å². The normalized spacial score (nSPS) is 12.6. The van der Waals surface area contributed by atoms with Crippen LogP contribution < -0.4 is 14.5 Å². The molecular formula is C88H71F2N13OS5. The third-order valence-corrected chi connectivity index (χ3v) is 20.7. The highest BCUT2D eigenvalue weighted by Crippen LogP contribution is 2.40. The van der Waals surface area contributed by atoms with Crippen molar-refractivity contribution < 1.29 is 13.5 Å².